The van der Waals surface area contributed by atoms with E-state index in [9.17, 15) is 0 Å². The second kappa shape index (κ2) is 4.67. The Morgan fingerprint density at radius 3 is 3.07 bits per heavy atom. The molecule has 0 aliphatic heterocycles. The van der Waals surface area contributed by atoms with Crippen molar-refractivity contribution in [3.63, 3.8) is 0 Å². The monoisotopic (exact) mass is 205 g/mol. The van der Waals surface area contributed by atoms with Gasteiger partial charge < -0.3 is 10.1 Å². The first-order chi connectivity index (χ1) is 7.35. The summed E-state index contributed by atoms with van der Waals surface area (Å²) in [5, 5.41) is 3.24. The molecule has 0 bridgehead atoms. The molecule has 0 amide bonds. The summed E-state index contributed by atoms with van der Waals surface area (Å²) in [6.07, 6.45) is 1.32. The Morgan fingerprint density at radius 2 is 2.33 bits per heavy atom. The van der Waals surface area contributed by atoms with Crippen molar-refractivity contribution in [2.24, 2.45) is 5.92 Å². The Balaban J connectivity index is 2.00. The van der Waals surface area contributed by atoms with Crippen molar-refractivity contribution >= 4 is 0 Å². The molecule has 2 heteroatoms. The third-order valence-corrected chi connectivity index (χ3v) is 2.99. The fourth-order valence-corrected chi connectivity index (χ4v) is 2.15. The first-order valence-electron chi connectivity index (χ1n) is 5.72. The summed E-state index contributed by atoms with van der Waals surface area (Å²) in [5.41, 5.74) is 1.43. The third-order valence-electron chi connectivity index (χ3n) is 2.99. The van der Waals surface area contributed by atoms with Gasteiger partial charge in [0.05, 0.1) is 6.61 Å². The van der Waals surface area contributed by atoms with E-state index in [0.717, 1.165) is 30.7 Å². The number of ether oxygens (including phenoxy) is 1. The molecule has 1 aromatic carbocycles. The van der Waals surface area contributed by atoms with Gasteiger partial charge in [0, 0.05) is 0 Å². The smallest absolute Gasteiger partial charge is 0.119 e. The zero-order valence-corrected chi connectivity index (χ0v) is 9.49. The number of benzene rings is 1. The van der Waals surface area contributed by atoms with Crippen LogP contribution in [-0.4, -0.2) is 20.2 Å². The van der Waals surface area contributed by atoms with Gasteiger partial charge >= 0.3 is 0 Å². The summed E-state index contributed by atoms with van der Waals surface area (Å²) in [6.45, 7) is 3.89. The molecule has 82 valence electrons. The predicted molar refractivity (Wildman–Crippen MR) is 62.4 cm³/mol. The lowest BCUT2D eigenvalue weighted by Gasteiger charge is -2.05. The number of hydrogen-bond donors (Lipinski definition) is 1. The number of hydrogen-bond acceptors (Lipinski definition) is 2. The van der Waals surface area contributed by atoms with Gasteiger partial charge in [-0.25, -0.2) is 0 Å². The predicted octanol–water partition coefficient (Wildman–Crippen LogP) is 2.41. The van der Waals surface area contributed by atoms with E-state index in [-0.39, 0.29) is 0 Å². The highest BCUT2D eigenvalue weighted by molar-refractivity contribution is 5.34. The molecule has 2 atom stereocenters. The van der Waals surface area contributed by atoms with Gasteiger partial charge in [0.2, 0.25) is 0 Å². The molecule has 0 saturated heterocycles. The van der Waals surface area contributed by atoms with Crippen LogP contribution in [-0.2, 0) is 0 Å². The molecule has 2 rings (SSSR count). The summed E-state index contributed by atoms with van der Waals surface area (Å²) in [7, 11) is 2.02. The van der Waals surface area contributed by atoms with Crippen molar-refractivity contribution in [3.8, 4) is 5.75 Å². The summed E-state index contributed by atoms with van der Waals surface area (Å²) in [4.78, 5) is 0. The van der Waals surface area contributed by atoms with Crippen LogP contribution in [0.2, 0.25) is 0 Å². The van der Waals surface area contributed by atoms with Crippen LogP contribution in [0, 0.1) is 5.92 Å². The van der Waals surface area contributed by atoms with Crippen molar-refractivity contribution in [1.82, 2.24) is 5.32 Å². The highest BCUT2D eigenvalue weighted by Gasteiger charge is 2.37. The van der Waals surface area contributed by atoms with Gasteiger partial charge in [-0.15, -0.1) is 0 Å². The molecule has 0 heterocycles. The molecule has 0 radical (unpaired) electrons. The van der Waals surface area contributed by atoms with Gasteiger partial charge in [-0.1, -0.05) is 12.1 Å². The van der Waals surface area contributed by atoms with Crippen molar-refractivity contribution < 1.29 is 4.74 Å². The quantitative estimate of drug-likeness (QED) is 0.797. The highest BCUT2D eigenvalue weighted by Crippen LogP contribution is 2.47. The average molecular weight is 205 g/mol. The van der Waals surface area contributed by atoms with Crippen LogP contribution in [0.25, 0.3) is 0 Å². The Kier molecular flexibility index (Phi) is 3.27. The van der Waals surface area contributed by atoms with Crippen molar-refractivity contribution in [2.75, 3.05) is 20.2 Å². The van der Waals surface area contributed by atoms with Crippen molar-refractivity contribution in [1.29, 1.82) is 0 Å². The second-order valence-electron chi connectivity index (χ2n) is 4.17. The number of rotatable bonds is 5. The van der Waals surface area contributed by atoms with E-state index in [1.807, 2.05) is 20.0 Å². The normalized spacial score (nSPS) is 23.9. The second-order valence-corrected chi connectivity index (χ2v) is 4.17. The minimum atomic E-state index is 0.744. The number of nitrogens with one attached hydrogen (secondary N) is 1. The molecule has 2 nitrogen and oxygen atoms in total. The summed E-state index contributed by atoms with van der Waals surface area (Å²) >= 11 is 0. The Labute approximate surface area is 91.6 Å². The fourth-order valence-electron chi connectivity index (χ4n) is 2.15. The maximum absolute atomic E-state index is 5.50. The molecule has 1 fully saturated rings. The van der Waals surface area contributed by atoms with Crippen LogP contribution in [0.1, 0.15) is 24.8 Å². The molecule has 1 aliphatic carbocycles. The van der Waals surface area contributed by atoms with Gasteiger partial charge in [0.25, 0.3) is 0 Å². The van der Waals surface area contributed by atoms with E-state index < -0.39 is 0 Å². The van der Waals surface area contributed by atoms with E-state index in [0.29, 0.717) is 0 Å². The van der Waals surface area contributed by atoms with E-state index in [1.54, 1.807) is 0 Å². The van der Waals surface area contributed by atoms with Crippen LogP contribution in [0.3, 0.4) is 0 Å². The Hall–Kier alpha value is -1.02. The molecule has 1 N–H and O–H groups in total. The van der Waals surface area contributed by atoms with E-state index >= 15 is 0 Å². The molecule has 1 saturated carbocycles. The highest BCUT2D eigenvalue weighted by atomic mass is 16.5. The summed E-state index contributed by atoms with van der Waals surface area (Å²) < 4.78 is 5.50. The van der Waals surface area contributed by atoms with Gasteiger partial charge in [0.1, 0.15) is 5.75 Å². The molecule has 2 unspecified atom stereocenters. The van der Waals surface area contributed by atoms with Crippen LogP contribution in [0.5, 0.6) is 5.75 Å². The first-order valence-corrected chi connectivity index (χ1v) is 5.72. The van der Waals surface area contributed by atoms with Crippen molar-refractivity contribution in [3.05, 3.63) is 29.8 Å². The van der Waals surface area contributed by atoms with Crippen LogP contribution < -0.4 is 10.1 Å². The SMILES string of the molecule is CCOc1cccc(C2CC2CNC)c1. The maximum Gasteiger partial charge on any atom is 0.119 e. The van der Waals surface area contributed by atoms with Gasteiger partial charge in [-0.05, 0) is 56.5 Å². The van der Waals surface area contributed by atoms with E-state index in [1.165, 1.54) is 12.0 Å². The lowest BCUT2D eigenvalue weighted by molar-refractivity contribution is 0.340. The lowest BCUT2D eigenvalue weighted by atomic mass is 10.1. The van der Waals surface area contributed by atoms with Crippen LogP contribution >= 0.6 is 0 Å². The minimum Gasteiger partial charge on any atom is -0.494 e. The standard InChI is InChI=1S/C13H19NO/c1-3-15-12-6-4-5-10(7-12)13-8-11(13)9-14-2/h4-7,11,13-14H,3,8-9H2,1-2H3. The van der Waals surface area contributed by atoms with Crippen molar-refractivity contribution in [2.45, 2.75) is 19.3 Å². The molecular weight excluding hydrogens is 186 g/mol. The van der Waals surface area contributed by atoms with Crippen LogP contribution in [0.15, 0.2) is 24.3 Å². The first kappa shape index (κ1) is 10.5. The van der Waals surface area contributed by atoms with Crippen LogP contribution in [0.4, 0.5) is 0 Å². The van der Waals surface area contributed by atoms with Gasteiger partial charge in [0.15, 0.2) is 0 Å². The zero-order valence-electron chi connectivity index (χ0n) is 9.49. The fraction of sp³-hybridized carbons (Fsp3) is 0.538. The molecule has 0 spiro atoms. The maximum atomic E-state index is 5.50. The van der Waals surface area contributed by atoms with Gasteiger partial charge in [-0.2, -0.15) is 0 Å². The van der Waals surface area contributed by atoms with Gasteiger partial charge in [-0.3, -0.25) is 0 Å². The largest absolute Gasteiger partial charge is 0.494 e. The van der Waals surface area contributed by atoms with E-state index in [4.69, 9.17) is 4.74 Å². The molecule has 0 aromatic heterocycles. The minimum absolute atomic E-state index is 0.744. The summed E-state index contributed by atoms with van der Waals surface area (Å²) in [5.74, 6) is 2.58. The Bertz CT molecular complexity index is 324. The molecular formula is C13H19NO. The molecule has 1 aromatic rings. The van der Waals surface area contributed by atoms with E-state index in [2.05, 4.69) is 23.5 Å². The lowest BCUT2D eigenvalue weighted by Crippen LogP contribution is -2.10. The topological polar surface area (TPSA) is 21.3 Å². The summed E-state index contributed by atoms with van der Waals surface area (Å²) in [6, 6.07) is 8.52. The molecule has 1 aliphatic rings. The third kappa shape index (κ3) is 2.51. The average Bonchev–Trinajstić information content (AvgIpc) is 2.99. The zero-order chi connectivity index (χ0) is 10.7. The molecule has 15 heavy (non-hydrogen) atoms. The Morgan fingerprint density at radius 1 is 1.47 bits per heavy atom.